The van der Waals surface area contributed by atoms with E-state index in [-0.39, 0.29) is 0 Å². The van der Waals surface area contributed by atoms with Gasteiger partial charge in [0, 0.05) is 42.8 Å². The number of hydrogen-bond acceptors (Lipinski definition) is 2. The second-order valence-electron chi connectivity index (χ2n) is 8.83. The van der Waals surface area contributed by atoms with Crippen LogP contribution in [0.3, 0.4) is 0 Å². The Morgan fingerprint density at radius 1 is 0.629 bits per heavy atom. The van der Waals surface area contributed by atoms with E-state index in [0.29, 0.717) is 6.54 Å². The molecule has 0 amide bonds. The molecule has 2 nitrogen and oxygen atoms in total. The zero-order valence-corrected chi connectivity index (χ0v) is 19.9. The SMILES string of the molecule is C(=N\Cc1ccccc1)/c1ccc(-n2c3ccccc3c3c4sc5ccccc5c4ccc32)cc1. The van der Waals surface area contributed by atoms with Gasteiger partial charge < -0.3 is 4.57 Å². The number of thiophene rings is 1. The predicted molar refractivity (Wildman–Crippen MR) is 151 cm³/mol. The number of hydrogen-bond donors (Lipinski definition) is 0. The van der Waals surface area contributed by atoms with Crippen LogP contribution in [0, 0.1) is 0 Å². The monoisotopic (exact) mass is 466 g/mol. The molecule has 0 radical (unpaired) electrons. The molecule has 0 aliphatic rings. The highest BCUT2D eigenvalue weighted by molar-refractivity contribution is 7.26. The number of para-hydroxylation sites is 1. The summed E-state index contributed by atoms with van der Waals surface area (Å²) in [7, 11) is 0. The Labute approximate surface area is 207 Å². The lowest BCUT2D eigenvalue weighted by molar-refractivity contribution is 1.08. The highest BCUT2D eigenvalue weighted by Gasteiger charge is 2.16. The lowest BCUT2D eigenvalue weighted by Gasteiger charge is -2.08. The number of nitrogens with zero attached hydrogens (tertiary/aromatic N) is 2. The Bertz CT molecular complexity index is 1860. The van der Waals surface area contributed by atoms with Gasteiger partial charge in [-0.2, -0.15) is 0 Å². The van der Waals surface area contributed by atoms with Gasteiger partial charge in [0.05, 0.1) is 17.6 Å². The largest absolute Gasteiger partial charge is 0.309 e. The molecule has 0 saturated carbocycles. The molecule has 0 saturated heterocycles. The minimum absolute atomic E-state index is 0.695. The lowest BCUT2D eigenvalue weighted by atomic mass is 10.1. The predicted octanol–water partition coefficient (Wildman–Crippen LogP) is 8.77. The van der Waals surface area contributed by atoms with Gasteiger partial charge in [0.1, 0.15) is 0 Å². The Hall–Kier alpha value is -4.21. The summed E-state index contributed by atoms with van der Waals surface area (Å²) in [6.45, 7) is 0.695. The van der Waals surface area contributed by atoms with Crippen molar-refractivity contribution in [2.24, 2.45) is 4.99 Å². The van der Waals surface area contributed by atoms with Crippen LogP contribution in [0.4, 0.5) is 0 Å². The Morgan fingerprint density at radius 2 is 1.37 bits per heavy atom. The van der Waals surface area contributed by atoms with Crippen molar-refractivity contribution in [3.8, 4) is 5.69 Å². The molecule has 0 spiro atoms. The maximum Gasteiger partial charge on any atom is 0.0639 e. The smallest absolute Gasteiger partial charge is 0.0639 e. The van der Waals surface area contributed by atoms with Gasteiger partial charge in [0.15, 0.2) is 0 Å². The normalized spacial score (nSPS) is 12.0. The van der Waals surface area contributed by atoms with Gasteiger partial charge in [0.25, 0.3) is 0 Å². The van der Waals surface area contributed by atoms with E-state index < -0.39 is 0 Å². The average Bonchev–Trinajstić information content (AvgIpc) is 3.45. The van der Waals surface area contributed by atoms with Crippen LogP contribution in [0.25, 0.3) is 47.7 Å². The van der Waals surface area contributed by atoms with Gasteiger partial charge in [-0.05, 0) is 41.5 Å². The first kappa shape index (κ1) is 20.2. The van der Waals surface area contributed by atoms with Gasteiger partial charge in [-0.3, -0.25) is 4.99 Å². The van der Waals surface area contributed by atoms with E-state index in [2.05, 4.69) is 119 Å². The van der Waals surface area contributed by atoms with Crippen molar-refractivity contribution in [2.45, 2.75) is 6.54 Å². The van der Waals surface area contributed by atoms with E-state index in [4.69, 9.17) is 0 Å². The molecular formula is C32H22N2S. The quantitative estimate of drug-likeness (QED) is 0.231. The van der Waals surface area contributed by atoms with Crippen LogP contribution in [0.5, 0.6) is 0 Å². The van der Waals surface area contributed by atoms with Crippen molar-refractivity contribution in [3.63, 3.8) is 0 Å². The molecule has 0 unspecified atom stereocenters. The van der Waals surface area contributed by atoms with Crippen LogP contribution < -0.4 is 0 Å². The van der Waals surface area contributed by atoms with Crippen molar-refractivity contribution < 1.29 is 0 Å². The molecule has 0 atom stereocenters. The van der Waals surface area contributed by atoms with Crippen LogP contribution in [0.1, 0.15) is 11.1 Å². The fourth-order valence-corrected chi connectivity index (χ4v) is 6.32. The maximum absolute atomic E-state index is 4.63. The van der Waals surface area contributed by atoms with Crippen LogP contribution in [0.15, 0.2) is 120 Å². The highest BCUT2D eigenvalue weighted by Crippen LogP contribution is 2.43. The molecule has 2 aromatic heterocycles. The summed E-state index contributed by atoms with van der Waals surface area (Å²) in [5.41, 5.74) is 5.97. The zero-order chi connectivity index (χ0) is 23.2. The number of aromatic nitrogens is 1. The van der Waals surface area contributed by atoms with Crippen LogP contribution in [0.2, 0.25) is 0 Å². The molecule has 0 N–H and O–H groups in total. The van der Waals surface area contributed by atoms with Crippen molar-refractivity contribution in [1.82, 2.24) is 4.57 Å². The third-order valence-electron chi connectivity index (χ3n) is 6.69. The Balaban J connectivity index is 1.35. The van der Waals surface area contributed by atoms with Gasteiger partial charge in [-0.1, -0.05) is 84.9 Å². The first-order valence-electron chi connectivity index (χ1n) is 11.8. The lowest BCUT2D eigenvalue weighted by Crippen LogP contribution is -1.94. The van der Waals surface area contributed by atoms with E-state index >= 15 is 0 Å². The number of benzene rings is 5. The van der Waals surface area contributed by atoms with Crippen LogP contribution >= 0.6 is 11.3 Å². The highest BCUT2D eigenvalue weighted by atomic mass is 32.1. The van der Waals surface area contributed by atoms with Crippen molar-refractivity contribution in [3.05, 3.63) is 126 Å². The van der Waals surface area contributed by atoms with E-state index in [1.165, 1.54) is 47.5 Å². The van der Waals surface area contributed by atoms with E-state index in [0.717, 1.165) is 11.3 Å². The first-order valence-corrected chi connectivity index (χ1v) is 12.7. The average molecular weight is 467 g/mol. The van der Waals surface area contributed by atoms with E-state index in [9.17, 15) is 0 Å². The summed E-state index contributed by atoms with van der Waals surface area (Å²) in [6.07, 6.45) is 1.96. The summed E-state index contributed by atoms with van der Waals surface area (Å²) >= 11 is 1.89. The third-order valence-corrected chi connectivity index (χ3v) is 7.89. The molecule has 7 aromatic rings. The standard InChI is InChI=1S/C32H22N2S/c1-2-8-22(9-3-1)20-33-21-23-14-16-24(17-15-23)34-28-12-6-4-11-27(28)31-29(34)19-18-26-25-10-5-7-13-30(25)35-32(26)31/h1-19,21H,20H2/b33-21+. The molecule has 7 rings (SSSR count). The number of rotatable bonds is 4. The van der Waals surface area contributed by atoms with E-state index in [1.807, 2.05) is 23.6 Å². The Kier molecular flexibility index (Phi) is 4.74. The second kappa shape index (κ2) is 8.23. The summed E-state index contributed by atoms with van der Waals surface area (Å²) in [4.78, 5) is 4.63. The van der Waals surface area contributed by atoms with Gasteiger partial charge in [-0.15, -0.1) is 11.3 Å². The van der Waals surface area contributed by atoms with Gasteiger partial charge >= 0.3 is 0 Å². The summed E-state index contributed by atoms with van der Waals surface area (Å²) in [5, 5.41) is 5.32. The molecule has 3 heteroatoms. The molecule has 166 valence electrons. The zero-order valence-electron chi connectivity index (χ0n) is 19.1. The first-order chi connectivity index (χ1) is 17.4. The van der Waals surface area contributed by atoms with Crippen LogP contribution in [-0.4, -0.2) is 10.8 Å². The molecule has 0 bridgehead atoms. The van der Waals surface area contributed by atoms with Crippen molar-refractivity contribution in [1.29, 1.82) is 0 Å². The van der Waals surface area contributed by atoms with E-state index in [1.54, 1.807) is 0 Å². The molecular weight excluding hydrogens is 444 g/mol. The number of fused-ring (bicyclic) bond motifs is 7. The minimum Gasteiger partial charge on any atom is -0.309 e. The van der Waals surface area contributed by atoms with Gasteiger partial charge in [0.2, 0.25) is 0 Å². The summed E-state index contributed by atoms with van der Waals surface area (Å²) in [5.74, 6) is 0. The molecule has 0 aliphatic carbocycles. The molecule has 5 aromatic carbocycles. The van der Waals surface area contributed by atoms with Crippen LogP contribution in [-0.2, 0) is 6.54 Å². The van der Waals surface area contributed by atoms with Gasteiger partial charge in [-0.25, -0.2) is 0 Å². The summed E-state index contributed by atoms with van der Waals surface area (Å²) < 4.78 is 5.09. The summed E-state index contributed by atoms with van der Waals surface area (Å²) in [6, 6.07) is 41.1. The molecule has 0 aliphatic heterocycles. The fraction of sp³-hybridized carbons (Fsp3) is 0.0312. The minimum atomic E-state index is 0.695. The molecule has 35 heavy (non-hydrogen) atoms. The molecule has 0 fully saturated rings. The number of aliphatic imine (C=N–C) groups is 1. The van der Waals surface area contributed by atoms with Crippen molar-refractivity contribution >= 4 is 59.5 Å². The Morgan fingerprint density at radius 3 is 2.23 bits per heavy atom. The van der Waals surface area contributed by atoms with Crippen molar-refractivity contribution in [2.75, 3.05) is 0 Å². The fourth-order valence-electron chi connectivity index (χ4n) is 5.06. The third kappa shape index (κ3) is 3.36. The maximum atomic E-state index is 4.63. The topological polar surface area (TPSA) is 17.3 Å². The second-order valence-corrected chi connectivity index (χ2v) is 9.89. The molecule has 2 heterocycles.